The average molecular weight is 341 g/mol. The minimum atomic E-state index is -3.69. The van der Waals surface area contributed by atoms with Crippen molar-refractivity contribution >= 4 is 15.9 Å². The monoisotopic (exact) mass is 341 g/mol. The molecule has 0 saturated heterocycles. The summed E-state index contributed by atoms with van der Waals surface area (Å²) in [6.45, 7) is 3.86. The molecule has 1 fully saturated rings. The van der Waals surface area contributed by atoms with Gasteiger partial charge in [-0.3, -0.25) is 4.79 Å². The van der Waals surface area contributed by atoms with E-state index in [1.807, 2.05) is 13.8 Å². The van der Waals surface area contributed by atoms with Crippen molar-refractivity contribution in [1.82, 2.24) is 14.9 Å². The number of carbonyl (C=O) groups is 1. The second-order valence-corrected chi connectivity index (χ2v) is 7.62. The third-order valence-electron chi connectivity index (χ3n) is 4.06. The summed E-state index contributed by atoms with van der Waals surface area (Å²) in [5.74, 6) is -0.0170. The SMILES string of the molecule is CCC(CC)CS(=O)(=O)NC(=O)c1cc(OC)c(C2CC2)nn1. The van der Waals surface area contributed by atoms with Crippen molar-refractivity contribution in [3.8, 4) is 5.75 Å². The Bertz CT molecular complexity index is 667. The molecule has 1 aliphatic rings. The van der Waals surface area contributed by atoms with Crippen LogP contribution in [0.2, 0.25) is 0 Å². The number of aromatic nitrogens is 2. The van der Waals surface area contributed by atoms with E-state index in [9.17, 15) is 13.2 Å². The topological polar surface area (TPSA) is 98.2 Å². The van der Waals surface area contributed by atoms with Gasteiger partial charge in [0.05, 0.1) is 12.9 Å². The molecule has 1 amide bonds. The van der Waals surface area contributed by atoms with E-state index >= 15 is 0 Å². The highest BCUT2D eigenvalue weighted by Gasteiger charge is 2.30. The van der Waals surface area contributed by atoms with Crippen molar-refractivity contribution < 1.29 is 17.9 Å². The van der Waals surface area contributed by atoms with Gasteiger partial charge in [-0.05, 0) is 18.8 Å². The van der Waals surface area contributed by atoms with Gasteiger partial charge < -0.3 is 4.74 Å². The number of rotatable bonds is 8. The van der Waals surface area contributed by atoms with Crippen molar-refractivity contribution in [2.45, 2.75) is 45.4 Å². The van der Waals surface area contributed by atoms with E-state index in [4.69, 9.17) is 4.74 Å². The highest BCUT2D eigenvalue weighted by molar-refractivity contribution is 7.90. The first kappa shape index (κ1) is 17.7. The molecule has 0 aromatic carbocycles. The number of carbonyl (C=O) groups excluding carboxylic acids is 1. The summed E-state index contributed by atoms with van der Waals surface area (Å²) in [4.78, 5) is 12.1. The van der Waals surface area contributed by atoms with Crippen LogP contribution in [0.3, 0.4) is 0 Å². The molecule has 0 bridgehead atoms. The van der Waals surface area contributed by atoms with Gasteiger partial charge in [0.25, 0.3) is 5.91 Å². The van der Waals surface area contributed by atoms with Crippen molar-refractivity contribution in [1.29, 1.82) is 0 Å². The Balaban J connectivity index is 2.11. The van der Waals surface area contributed by atoms with Crippen LogP contribution in [-0.4, -0.2) is 37.4 Å². The Kier molecular flexibility index (Phi) is 5.56. The van der Waals surface area contributed by atoms with E-state index in [2.05, 4.69) is 14.9 Å². The number of hydrogen-bond donors (Lipinski definition) is 1. The smallest absolute Gasteiger partial charge is 0.285 e. The van der Waals surface area contributed by atoms with E-state index in [1.165, 1.54) is 13.2 Å². The predicted octanol–water partition coefficient (Wildman–Crippen LogP) is 1.86. The third kappa shape index (κ3) is 4.63. The summed E-state index contributed by atoms with van der Waals surface area (Å²) in [7, 11) is -2.20. The van der Waals surface area contributed by atoms with E-state index in [-0.39, 0.29) is 17.4 Å². The number of nitrogens with zero attached hydrogens (tertiary/aromatic N) is 2. The summed E-state index contributed by atoms with van der Waals surface area (Å²) >= 11 is 0. The van der Waals surface area contributed by atoms with Crippen LogP contribution in [0.1, 0.15) is 61.6 Å². The lowest BCUT2D eigenvalue weighted by Crippen LogP contribution is -2.35. The zero-order valence-corrected chi connectivity index (χ0v) is 14.5. The lowest BCUT2D eigenvalue weighted by atomic mass is 10.1. The van der Waals surface area contributed by atoms with Gasteiger partial charge in [0.15, 0.2) is 5.69 Å². The summed E-state index contributed by atoms with van der Waals surface area (Å²) in [6, 6.07) is 1.45. The zero-order chi connectivity index (χ0) is 17.0. The fourth-order valence-corrected chi connectivity index (χ4v) is 3.93. The van der Waals surface area contributed by atoms with E-state index in [0.29, 0.717) is 11.7 Å². The number of nitrogens with one attached hydrogen (secondary N) is 1. The zero-order valence-electron chi connectivity index (χ0n) is 13.7. The first-order valence-corrected chi connectivity index (χ1v) is 9.51. The number of hydrogen-bond acceptors (Lipinski definition) is 6. The van der Waals surface area contributed by atoms with Crippen LogP contribution in [0.15, 0.2) is 6.07 Å². The lowest BCUT2D eigenvalue weighted by Gasteiger charge is -2.13. The molecule has 8 heteroatoms. The molecule has 128 valence electrons. The van der Waals surface area contributed by atoms with Crippen LogP contribution < -0.4 is 9.46 Å². The van der Waals surface area contributed by atoms with Gasteiger partial charge in [-0.15, -0.1) is 5.10 Å². The Morgan fingerprint density at radius 3 is 2.52 bits per heavy atom. The van der Waals surface area contributed by atoms with Gasteiger partial charge in [-0.1, -0.05) is 26.7 Å². The molecule has 0 spiro atoms. The van der Waals surface area contributed by atoms with Crippen molar-refractivity contribution in [2.24, 2.45) is 5.92 Å². The highest BCUT2D eigenvalue weighted by Crippen LogP contribution is 2.42. The largest absolute Gasteiger partial charge is 0.495 e. The molecular weight excluding hydrogens is 318 g/mol. The molecule has 0 unspecified atom stereocenters. The quantitative estimate of drug-likeness (QED) is 0.775. The fraction of sp³-hybridized carbons (Fsp3) is 0.667. The van der Waals surface area contributed by atoms with Gasteiger partial charge in [-0.2, -0.15) is 5.10 Å². The molecule has 23 heavy (non-hydrogen) atoms. The predicted molar refractivity (Wildman–Crippen MR) is 85.9 cm³/mol. The summed E-state index contributed by atoms with van der Waals surface area (Å²) < 4.78 is 31.4. The van der Waals surface area contributed by atoms with Crippen LogP contribution in [0.5, 0.6) is 5.75 Å². The lowest BCUT2D eigenvalue weighted by molar-refractivity contribution is 0.0975. The average Bonchev–Trinajstić information content (AvgIpc) is 3.36. The number of amides is 1. The molecule has 2 rings (SSSR count). The number of methoxy groups -OCH3 is 1. The summed E-state index contributed by atoms with van der Waals surface area (Å²) in [5.41, 5.74) is 0.670. The van der Waals surface area contributed by atoms with Gasteiger partial charge in [0, 0.05) is 12.0 Å². The molecular formula is C15H23N3O4S. The minimum Gasteiger partial charge on any atom is -0.495 e. The second kappa shape index (κ2) is 7.25. The van der Waals surface area contributed by atoms with Crippen molar-refractivity contribution in [2.75, 3.05) is 12.9 Å². The van der Waals surface area contributed by atoms with E-state index in [1.54, 1.807) is 0 Å². The highest BCUT2D eigenvalue weighted by atomic mass is 32.2. The van der Waals surface area contributed by atoms with Crippen molar-refractivity contribution in [3.63, 3.8) is 0 Å². The van der Waals surface area contributed by atoms with Gasteiger partial charge in [0.1, 0.15) is 11.4 Å². The third-order valence-corrected chi connectivity index (χ3v) is 5.47. The molecule has 1 aliphatic carbocycles. The maximum atomic E-state index is 12.1. The van der Waals surface area contributed by atoms with Gasteiger partial charge >= 0.3 is 0 Å². The minimum absolute atomic E-state index is 0.0261. The molecule has 1 aromatic heterocycles. The Morgan fingerprint density at radius 1 is 1.35 bits per heavy atom. The number of ether oxygens (including phenoxy) is 1. The first-order valence-electron chi connectivity index (χ1n) is 7.86. The molecule has 0 aliphatic heterocycles. The molecule has 1 N–H and O–H groups in total. The molecule has 1 heterocycles. The summed E-state index contributed by atoms with van der Waals surface area (Å²) in [5, 5.41) is 7.87. The molecule has 1 aromatic rings. The standard InChI is InChI=1S/C15H23N3O4S/c1-4-10(5-2)9-23(20,21)18-15(19)12-8-13(22-3)14(17-16-12)11-6-7-11/h8,10-11H,4-7,9H2,1-3H3,(H,18,19). The Hall–Kier alpha value is -1.70. The fourth-order valence-electron chi connectivity index (χ4n) is 2.37. The maximum absolute atomic E-state index is 12.1. The van der Waals surface area contributed by atoms with Gasteiger partial charge in [0.2, 0.25) is 10.0 Å². The van der Waals surface area contributed by atoms with Crippen LogP contribution in [0.25, 0.3) is 0 Å². The molecule has 0 radical (unpaired) electrons. The van der Waals surface area contributed by atoms with Crippen LogP contribution in [-0.2, 0) is 10.0 Å². The summed E-state index contributed by atoms with van der Waals surface area (Å²) in [6.07, 6.45) is 3.55. The Morgan fingerprint density at radius 2 is 2.00 bits per heavy atom. The van der Waals surface area contributed by atoms with E-state index < -0.39 is 15.9 Å². The molecule has 1 saturated carbocycles. The normalized spacial score (nSPS) is 14.8. The first-order chi connectivity index (χ1) is 10.9. The van der Waals surface area contributed by atoms with Gasteiger partial charge in [-0.25, -0.2) is 13.1 Å². The second-order valence-electron chi connectivity index (χ2n) is 5.85. The van der Waals surface area contributed by atoms with Crippen LogP contribution >= 0.6 is 0 Å². The van der Waals surface area contributed by atoms with Crippen LogP contribution in [0.4, 0.5) is 0 Å². The maximum Gasteiger partial charge on any atom is 0.285 e. The number of sulfonamides is 1. The van der Waals surface area contributed by atoms with Crippen LogP contribution in [0, 0.1) is 5.92 Å². The van der Waals surface area contributed by atoms with Crippen molar-refractivity contribution in [3.05, 3.63) is 17.5 Å². The molecule has 0 atom stereocenters. The van der Waals surface area contributed by atoms with E-state index in [0.717, 1.165) is 31.4 Å². The molecule has 7 nitrogen and oxygen atoms in total. The Labute approximate surface area is 136 Å².